The standard InChI is InChI=1S/C18H17ClFN3O2/c1-12(15-4-2-3-5-16(15)19)21-10-18-22-17(23-25-18)11-24-14-8-6-13(20)7-9-14/h2-9,12,21H,10-11H2,1H3/t12-/m1/s1. The summed E-state index contributed by atoms with van der Waals surface area (Å²) in [4.78, 5) is 4.26. The predicted molar refractivity (Wildman–Crippen MR) is 91.7 cm³/mol. The topological polar surface area (TPSA) is 60.2 Å². The molecule has 130 valence electrons. The molecule has 3 rings (SSSR count). The van der Waals surface area contributed by atoms with Crippen LogP contribution in [-0.2, 0) is 13.2 Å². The van der Waals surface area contributed by atoms with Crippen LogP contribution in [0.25, 0.3) is 0 Å². The molecule has 2 aromatic carbocycles. The van der Waals surface area contributed by atoms with Crippen LogP contribution < -0.4 is 10.1 Å². The number of nitrogens with zero attached hydrogens (tertiary/aromatic N) is 2. The van der Waals surface area contributed by atoms with Gasteiger partial charge in [-0.25, -0.2) is 4.39 Å². The van der Waals surface area contributed by atoms with E-state index in [1.165, 1.54) is 12.1 Å². The largest absolute Gasteiger partial charge is 0.485 e. The van der Waals surface area contributed by atoms with Crippen LogP contribution in [0.3, 0.4) is 0 Å². The second-order valence-electron chi connectivity index (χ2n) is 5.47. The Morgan fingerprint density at radius 1 is 1.20 bits per heavy atom. The van der Waals surface area contributed by atoms with Gasteiger partial charge in [-0.1, -0.05) is 35.0 Å². The lowest BCUT2D eigenvalue weighted by Gasteiger charge is -2.13. The lowest BCUT2D eigenvalue weighted by atomic mass is 10.1. The van der Waals surface area contributed by atoms with Crippen LogP contribution in [-0.4, -0.2) is 10.1 Å². The highest BCUT2D eigenvalue weighted by Gasteiger charge is 2.12. The van der Waals surface area contributed by atoms with Gasteiger partial charge in [-0.3, -0.25) is 0 Å². The molecule has 0 saturated heterocycles. The minimum Gasteiger partial charge on any atom is -0.485 e. The summed E-state index contributed by atoms with van der Waals surface area (Å²) in [6, 6.07) is 13.4. The molecule has 5 nitrogen and oxygen atoms in total. The van der Waals surface area contributed by atoms with E-state index in [1.807, 2.05) is 31.2 Å². The van der Waals surface area contributed by atoms with Crippen molar-refractivity contribution >= 4 is 11.6 Å². The van der Waals surface area contributed by atoms with E-state index in [0.29, 0.717) is 29.0 Å². The fourth-order valence-electron chi connectivity index (χ4n) is 2.28. The maximum Gasteiger partial charge on any atom is 0.240 e. The van der Waals surface area contributed by atoms with Crippen LogP contribution in [0.1, 0.15) is 30.2 Å². The molecule has 0 aliphatic heterocycles. The molecule has 0 unspecified atom stereocenters. The van der Waals surface area contributed by atoms with Gasteiger partial charge in [0.05, 0.1) is 6.54 Å². The first-order valence-corrected chi connectivity index (χ1v) is 8.17. The first-order chi connectivity index (χ1) is 12.1. The molecule has 1 aromatic heterocycles. The van der Waals surface area contributed by atoms with E-state index in [1.54, 1.807) is 12.1 Å². The molecular weight excluding hydrogens is 345 g/mol. The van der Waals surface area contributed by atoms with E-state index < -0.39 is 0 Å². The number of ether oxygens (including phenoxy) is 1. The first kappa shape index (κ1) is 17.4. The van der Waals surface area contributed by atoms with Gasteiger partial charge in [0.25, 0.3) is 0 Å². The van der Waals surface area contributed by atoms with Crippen LogP contribution in [0.5, 0.6) is 5.75 Å². The summed E-state index contributed by atoms with van der Waals surface area (Å²) in [6.45, 7) is 2.57. The number of aromatic nitrogens is 2. The Morgan fingerprint density at radius 3 is 2.72 bits per heavy atom. The van der Waals surface area contributed by atoms with Gasteiger partial charge in [0.15, 0.2) is 6.61 Å². The van der Waals surface area contributed by atoms with Crippen molar-refractivity contribution < 1.29 is 13.7 Å². The number of rotatable bonds is 7. The number of halogens is 2. The van der Waals surface area contributed by atoms with Gasteiger partial charge < -0.3 is 14.6 Å². The maximum atomic E-state index is 12.8. The third-order valence-electron chi connectivity index (χ3n) is 3.62. The highest BCUT2D eigenvalue weighted by atomic mass is 35.5. The van der Waals surface area contributed by atoms with Crippen molar-refractivity contribution in [2.45, 2.75) is 26.1 Å². The Bertz CT molecular complexity index is 823. The van der Waals surface area contributed by atoms with E-state index in [0.717, 1.165) is 5.56 Å². The molecule has 0 bridgehead atoms. The molecule has 0 aliphatic rings. The highest BCUT2D eigenvalue weighted by molar-refractivity contribution is 6.31. The number of hydrogen-bond acceptors (Lipinski definition) is 5. The highest BCUT2D eigenvalue weighted by Crippen LogP contribution is 2.22. The van der Waals surface area contributed by atoms with Crippen LogP contribution in [0.4, 0.5) is 4.39 Å². The molecule has 3 aromatic rings. The van der Waals surface area contributed by atoms with Crippen molar-refractivity contribution in [3.8, 4) is 5.75 Å². The monoisotopic (exact) mass is 361 g/mol. The summed E-state index contributed by atoms with van der Waals surface area (Å²) in [5, 5.41) is 7.86. The fraction of sp³-hybridized carbons (Fsp3) is 0.222. The summed E-state index contributed by atoms with van der Waals surface area (Å²) < 4.78 is 23.5. The Hall–Kier alpha value is -2.44. The van der Waals surface area contributed by atoms with E-state index in [2.05, 4.69) is 15.5 Å². The summed E-state index contributed by atoms with van der Waals surface area (Å²) in [6.07, 6.45) is 0. The Morgan fingerprint density at radius 2 is 1.96 bits per heavy atom. The van der Waals surface area contributed by atoms with Gasteiger partial charge in [0.2, 0.25) is 11.7 Å². The van der Waals surface area contributed by atoms with Crippen LogP contribution >= 0.6 is 11.6 Å². The summed E-state index contributed by atoms with van der Waals surface area (Å²) in [5.41, 5.74) is 1.00. The summed E-state index contributed by atoms with van der Waals surface area (Å²) in [5.74, 6) is 1.11. The average Bonchev–Trinajstić information content (AvgIpc) is 3.07. The predicted octanol–water partition coefficient (Wildman–Crippen LogP) is 4.29. The van der Waals surface area contributed by atoms with Crippen molar-refractivity contribution in [1.82, 2.24) is 15.5 Å². The molecule has 1 heterocycles. The summed E-state index contributed by atoms with van der Waals surface area (Å²) >= 11 is 6.18. The normalized spacial score (nSPS) is 12.1. The molecule has 0 amide bonds. The Balaban J connectivity index is 1.51. The fourth-order valence-corrected chi connectivity index (χ4v) is 2.58. The third kappa shape index (κ3) is 4.78. The van der Waals surface area contributed by atoms with Gasteiger partial charge in [-0.05, 0) is 42.8 Å². The van der Waals surface area contributed by atoms with Gasteiger partial charge in [0.1, 0.15) is 11.6 Å². The molecule has 0 spiro atoms. The van der Waals surface area contributed by atoms with E-state index >= 15 is 0 Å². The molecule has 25 heavy (non-hydrogen) atoms. The van der Waals surface area contributed by atoms with E-state index in [9.17, 15) is 4.39 Å². The van der Waals surface area contributed by atoms with Crippen molar-refractivity contribution in [2.75, 3.05) is 0 Å². The first-order valence-electron chi connectivity index (χ1n) is 7.79. The van der Waals surface area contributed by atoms with E-state index in [4.69, 9.17) is 20.9 Å². The van der Waals surface area contributed by atoms with Gasteiger partial charge in [0, 0.05) is 11.1 Å². The summed E-state index contributed by atoms with van der Waals surface area (Å²) in [7, 11) is 0. The molecule has 1 atom stereocenters. The molecule has 0 saturated carbocycles. The quantitative estimate of drug-likeness (QED) is 0.680. The number of hydrogen-bond donors (Lipinski definition) is 1. The van der Waals surface area contributed by atoms with Crippen molar-refractivity contribution in [1.29, 1.82) is 0 Å². The minimum absolute atomic E-state index is 0.0412. The van der Waals surface area contributed by atoms with Crippen LogP contribution in [0, 0.1) is 5.82 Å². The van der Waals surface area contributed by atoms with Gasteiger partial charge in [-0.15, -0.1) is 0 Å². The van der Waals surface area contributed by atoms with Crippen molar-refractivity contribution in [3.05, 3.63) is 76.6 Å². The Kier molecular flexibility index (Phi) is 5.63. The van der Waals surface area contributed by atoms with Crippen molar-refractivity contribution in [3.63, 3.8) is 0 Å². The molecule has 7 heteroatoms. The molecule has 0 aliphatic carbocycles. The minimum atomic E-state index is -0.312. The maximum absolute atomic E-state index is 12.8. The molecular formula is C18H17ClFN3O2. The Labute approximate surface area is 149 Å². The molecule has 0 radical (unpaired) electrons. The van der Waals surface area contributed by atoms with E-state index in [-0.39, 0.29) is 18.5 Å². The third-order valence-corrected chi connectivity index (χ3v) is 3.97. The zero-order valence-corrected chi connectivity index (χ0v) is 14.3. The lowest BCUT2D eigenvalue weighted by Crippen LogP contribution is -2.18. The second kappa shape index (κ2) is 8.09. The lowest BCUT2D eigenvalue weighted by molar-refractivity contribution is 0.284. The second-order valence-corrected chi connectivity index (χ2v) is 5.88. The zero-order chi connectivity index (χ0) is 17.6. The number of benzene rings is 2. The smallest absolute Gasteiger partial charge is 0.240 e. The van der Waals surface area contributed by atoms with Gasteiger partial charge in [-0.2, -0.15) is 4.98 Å². The molecule has 0 fully saturated rings. The van der Waals surface area contributed by atoms with Gasteiger partial charge >= 0.3 is 0 Å². The SMILES string of the molecule is C[C@@H](NCc1nc(COc2ccc(F)cc2)no1)c1ccccc1Cl. The van der Waals surface area contributed by atoms with Crippen LogP contribution in [0.2, 0.25) is 5.02 Å². The number of nitrogens with one attached hydrogen (secondary N) is 1. The molecule has 1 N–H and O–H groups in total. The zero-order valence-electron chi connectivity index (χ0n) is 13.6. The van der Waals surface area contributed by atoms with Crippen molar-refractivity contribution in [2.24, 2.45) is 0 Å². The van der Waals surface area contributed by atoms with Crippen LogP contribution in [0.15, 0.2) is 53.1 Å². The average molecular weight is 362 g/mol.